The zero-order chi connectivity index (χ0) is 49.6. The summed E-state index contributed by atoms with van der Waals surface area (Å²) in [5.41, 5.74) is 2.71. The second-order valence-corrected chi connectivity index (χ2v) is 15.9. The van der Waals surface area contributed by atoms with E-state index in [0.717, 1.165) is 17.5 Å². The Kier molecular flexibility index (Phi) is 37.2. The van der Waals surface area contributed by atoms with Crippen molar-refractivity contribution in [1.82, 2.24) is 21.3 Å². The van der Waals surface area contributed by atoms with Crippen LogP contribution in [0, 0.1) is 11.8 Å². The van der Waals surface area contributed by atoms with Crippen molar-refractivity contribution in [2.75, 3.05) is 33.6 Å². The van der Waals surface area contributed by atoms with Gasteiger partial charge in [-0.15, -0.1) is 0 Å². The quantitative estimate of drug-likeness (QED) is 0.0432. The molecule has 3 aromatic rings. The molecule has 3 aromatic carbocycles. The topological polar surface area (TPSA) is 183 Å². The highest BCUT2D eigenvalue weighted by molar-refractivity contribution is 7.41. The van der Waals surface area contributed by atoms with E-state index < -0.39 is 44.0 Å². The standard InChI is InChI=1S/C20H34N4O6.C16H19O4P.C8H10.3C2H6/c1-11(2)7-14(23-15(26)8-21-13(5)25)19(29)22-9-16(27)24-17(12(3)4)18(28)20(6)10-30-20;1-17-14-20-21(18-12-15-8-4-2-5-9-15)19-13-16-10-6-3-7-11-16;1-2-8-6-4-3-5-7-8;3*1-2/h11-12,14,17H,7-10H2,1-6H3,(H,21,25)(H,22,29)(H,23,26)(H,24,27);2-11H,12-14H2,1H3;3-7H,2H2,1H3;3*1-2H3. The Hall–Kier alpha value is -4.56. The van der Waals surface area contributed by atoms with Gasteiger partial charge in [0.15, 0.2) is 12.6 Å². The van der Waals surface area contributed by atoms with Crippen LogP contribution in [0.5, 0.6) is 0 Å². The van der Waals surface area contributed by atoms with Crippen LogP contribution in [-0.4, -0.2) is 80.7 Å². The van der Waals surface area contributed by atoms with Crippen LogP contribution in [0.4, 0.5) is 0 Å². The lowest BCUT2D eigenvalue weighted by atomic mass is 9.92. The largest absolute Gasteiger partial charge is 0.361 e. The number of carbonyl (C=O) groups excluding carboxylic acids is 5. The smallest absolute Gasteiger partial charge is 0.335 e. The molecular weight excluding hydrogens is 848 g/mol. The van der Waals surface area contributed by atoms with Crippen LogP contribution in [0.15, 0.2) is 91.0 Å². The van der Waals surface area contributed by atoms with Crippen LogP contribution < -0.4 is 21.3 Å². The Morgan fingerprint density at radius 2 is 1.11 bits per heavy atom. The van der Waals surface area contributed by atoms with Gasteiger partial charge in [-0.3, -0.25) is 28.5 Å². The summed E-state index contributed by atoms with van der Waals surface area (Å²) >= 11 is 0. The van der Waals surface area contributed by atoms with Crippen molar-refractivity contribution < 1.29 is 47.0 Å². The summed E-state index contributed by atoms with van der Waals surface area (Å²) in [6, 6.07) is 28.7. The fraction of sp³-hybridized carbons (Fsp3) is 0.540. The Morgan fingerprint density at radius 3 is 1.48 bits per heavy atom. The predicted octanol–water partition coefficient (Wildman–Crippen LogP) is 8.86. The van der Waals surface area contributed by atoms with Gasteiger partial charge in [0.2, 0.25) is 23.6 Å². The first kappa shape index (κ1) is 62.5. The molecule has 1 aliphatic rings. The first-order chi connectivity index (χ1) is 31.2. The molecular formula is C50H81N4O10P. The summed E-state index contributed by atoms with van der Waals surface area (Å²) in [6.07, 6.45) is 1.50. The van der Waals surface area contributed by atoms with E-state index in [4.69, 9.17) is 23.0 Å². The van der Waals surface area contributed by atoms with Crippen LogP contribution in [0.2, 0.25) is 0 Å². The third-order valence-electron chi connectivity index (χ3n) is 8.53. The van der Waals surface area contributed by atoms with Crippen molar-refractivity contribution in [1.29, 1.82) is 0 Å². The van der Waals surface area contributed by atoms with Crippen LogP contribution in [-0.2, 0) is 66.7 Å². The minimum atomic E-state index is -1.44. The van der Waals surface area contributed by atoms with Crippen LogP contribution in [0.3, 0.4) is 0 Å². The van der Waals surface area contributed by atoms with Crippen molar-refractivity contribution in [3.05, 3.63) is 108 Å². The molecule has 4 N–H and O–H groups in total. The van der Waals surface area contributed by atoms with Gasteiger partial charge in [-0.1, -0.05) is 167 Å². The molecule has 1 heterocycles. The number of aryl methyl sites for hydroxylation is 1. The van der Waals surface area contributed by atoms with Crippen molar-refractivity contribution in [3.8, 4) is 0 Å². The maximum absolute atomic E-state index is 12.5. The molecule has 0 aliphatic carbocycles. The fourth-order valence-corrected chi connectivity index (χ4v) is 6.03. The van der Waals surface area contributed by atoms with Gasteiger partial charge in [0.1, 0.15) is 11.6 Å². The van der Waals surface area contributed by atoms with Crippen LogP contribution in [0.1, 0.15) is 113 Å². The fourth-order valence-electron chi connectivity index (χ4n) is 5.11. The van der Waals surface area contributed by atoms with Gasteiger partial charge in [-0.2, -0.15) is 0 Å². The zero-order valence-corrected chi connectivity index (χ0v) is 42.6. The molecule has 15 heteroatoms. The summed E-state index contributed by atoms with van der Waals surface area (Å²) in [6.45, 7) is 25.4. The van der Waals surface area contributed by atoms with E-state index >= 15 is 0 Å². The first-order valence-corrected chi connectivity index (χ1v) is 23.9. The molecule has 65 heavy (non-hydrogen) atoms. The summed E-state index contributed by atoms with van der Waals surface area (Å²) in [7, 11) is 0.132. The van der Waals surface area contributed by atoms with Crippen molar-refractivity contribution >= 4 is 38.0 Å². The number of benzene rings is 3. The number of amides is 4. The lowest BCUT2D eigenvalue weighted by Gasteiger charge is -2.24. The van der Waals surface area contributed by atoms with E-state index in [0.29, 0.717) is 26.2 Å². The SMILES string of the molecule is CC.CC.CC.CC(=O)NCC(=O)NC(CC(C)C)C(=O)NCC(=O)NC(C(=O)C1(C)CO1)C(C)C.CCc1ccccc1.COCOP(OCc1ccccc1)OCc1ccccc1. The Bertz CT molecular complexity index is 1640. The number of Topliss-reactive ketones (excluding diaryl/α,β-unsaturated/α-hetero) is 1. The average Bonchev–Trinajstić information content (AvgIpc) is 4.09. The van der Waals surface area contributed by atoms with Gasteiger partial charge in [-0.25, -0.2) is 0 Å². The normalized spacial score (nSPS) is 14.0. The molecule has 366 valence electrons. The number of carbonyl (C=O) groups is 5. The number of hydrogen-bond donors (Lipinski definition) is 4. The van der Waals surface area contributed by atoms with Gasteiger partial charge < -0.3 is 39.8 Å². The van der Waals surface area contributed by atoms with Crippen molar-refractivity contribution in [2.24, 2.45) is 11.8 Å². The lowest BCUT2D eigenvalue weighted by Crippen LogP contribution is -2.54. The molecule has 14 nitrogen and oxygen atoms in total. The molecule has 0 radical (unpaired) electrons. The minimum Gasteiger partial charge on any atom is -0.361 e. The van der Waals surface area contributed by atoms with E-state index in [2.05, 4.69) is 52.5 Å². The maximum Gasteiger partial charge on any atom is 0.335 e. The van der Waals surface area contributed by atoms with Gasteiger partial charge in [0.25, 0.3) is 0 Å². The molecule has 3 atom stereocenters. The number of hydrogen-bond acceptors (Lipinski definition) is 10. The number of ketones is 1. The Morgan fingerprint density at radius 1 is 0.677 bits per heavy atom. The zero-order valence-electron chi connectivity index (χ0n) is 41.7. The first-order valence-electron chi connectivity index (χ1n) is 22.8. The van der Waals surface area contributed by atoms with Crippen LogP contribution >= 0.6 is 8.60 Å². The van der Waals surface area contributed by atoms with E-state index in [1.807, 2.05) is 136 Å². The average molecular weight is 929 g/mol. The van der Waals surface area contributed by atoms with Crippen molar-refractivity contribution in [2.45, 2.75) is 134 Å². The van der Waals surface area contributed by atoms with E-state index in [1.165, 1.54) is 12.5 Å². The molecule has 0 spiro atoms. The van der Waals surface area contributed by atoms with Gasteiger partial charge in [-0.05, 0) is 48.3 Å². The molecule has 4 rings (SSSR count). The monoisotopic (exact) mass is 929 g/mol. The molecule has 1 saturated heterocycles. The Labute approximate surface area is 392 Å². The van der Waals surface area contributed by atoms with Gasteiger partial charge >= 0.3 is 8.60 Å². The highest BCUT2D eigenvalue weighted by Crippen LogP contribution is 2.41. The van der Waals surface area contributed by atoms with Gasteiger partial charge in [0, 0.05) is 14.0 Å². The number of nitrogens with one attached hydrogen (secondary N) is 4. The Balaban J connectivity index is 0. The number of methoxy groups -OCH3 is 1. The molecule has 0 aromatic heterocycles. The number of rotatable bonds is 22. The molecule has 0 bridgehead atoms. The highest BCUT2D eigenvalue weighted by Gasteiger charge is 2.50. The van der Waals surface area contributed by atoms with E-state index in [1.54, 1.807) is 14.0 Å². The maximum atomic E-state index is 12.5. The van der Waals surface area contributed by atoms with E-state index in [9.17, 15) is 24.0 Å². The van der Waals surface area contributed by atoms with Gasteiger partial charge in [0.05, 0.1) is 39.0 Å². The number of ether oxygens (including phenoxy) is 2. The summed E-state index contributed by atoms with van der Waals surface area (Å²) in [5, 5.41) is 10.1. The highest BCUT2D eigenvalue weighted by atomic mass is 31.2. The van der Waals surface area contributed by atoms with Crippen LogP contribution in [0.25, 0.3) is 0 Å². The predicted molar refractivity (Wildman–Crippen MR) is 261 cm³/mol. The third-order valence-corrected chi connectivity index (χ3v) is 9.53. The minimum absolute atomic E-state index is 0.109. The lowest BCUT2D eigenvalue weighted by molar-refractivity contribution is -0.133. The summed E-state index contributed by atoms with van der Waals surface area (Å²) < 4.78 is 26.9. The van der Waals surface area contributed by atoms with E-state index in [-0.39, 0.29) is 43.4 Å². The second kappa shape index (κ2) is 38.7. The second-order valence-electron chi connectivity index (χ2n) is 14.7. The molecule has 1 fully saturated rings. The summed E-state index contributed by atoms with van der Waals surface area (Å²) in [4.78, 5) is 60.2. The molecule has 1 aliphatic heterocycles. The molecule has 0 saturated carbocycles. The third kappa shape index (κ3) is 30.3. The molecule has 3 unspecified atom stereocenters. The molecule has 4 amide bonds. The number of epoxide rings is 1. The van der Waals surface area contributed by atoms with Crippen molar-refractivity contribution in [3.63, 3.8) is 0 Å². The summed E-state index contributed by atoms with van der Waals surface area (Å²) in [5.74, 6) is -2.10.